The number of rotatable bonds is 2. The number of H-pyrrole nitrogens is 1. The molecule has 0 atom stereocenters. The molecular formula is C13H17FN2O7. The summed E-state index contributed by atoms with van der Waals surface area (Å²) in [6, 6.07) is 2.48. The third-order valence-electron chi connectivity index (χ3n) is 3.38. The van der Waals surface area contributed by atoms with Crippen molar-refractivity contribution in [3.05, 3.63) is 39.9 Å². The van der Waals surface area contributed by atoms with Gasteiger partial charge in [0.15, 0.2) is 0 Å². The van der Waals surface area contributed by atoms with Gasteiger partial charge in [-0.2, -0.15) is 0 Å². The molecule has 10 heteroatoms. The summed E-state index contributed by atoms with van der Waals surface area (Å²) in [5, 5.41) is 18.1. The Hall–Kier alpha value is -2.53. The van der Waals surface area contributed by atoms with E-state index in [2.05, 4.69) is 4.98 Å². The van der Waals surface area contributed by atoms with Crippen LogP contribution in [0.15, 0.2) is 23.1 Å². The molecular weight excluding hydrogens is 315 g/mol. The first-order valence-corrected chi connectivity index (χ1v) is 5.98. The van der Waals surface area contributed by atoms with Gasteiger partial charge in [0.25, 0.3) is 0 Å². The number of aromatic carboxylic acids is 1. The molecule has 0 unspecified atom stereocenters. The molecule has 1 aliphatic rings. The van der Waals surface area contributed by atoms with Crippen LogP contribution in [0.25, 0.3) is 10.9 Å². The summed E-state index contributed by atoms with van der Waals surface area (Å²) in [6.07, 6.45) is 0.623. The Morgan fingerprint density at radius 1 is 1.26 bits per heavy atom. The van der Waals surface area contributed by atoms with Gasteiger partial charge in [-0.25, -0.2) is 9.18 Å². The van der Waals surface area contributed by atoms with Crippen LogP contribution in [-0.2, 0) is 0 Å². The third kappa shape index (κ3) is 3.29. The Morgan fingerprint density at radius 2 is 1.87 bits per heavy atom. The summed E-state index contributed by atoms with van der Waals surface area (Å²) in [6.45, 7) is 0.666. The van der Waals surface area contributed by atoms with E-state index in [4.69, 9.17) is 5.11 Å². The Labute approximate surface area is 128 Å². The lowest BCUT2D eigenvalue weighted by atomic mass is 10.1. The van der Waals surface area contributed by atoms with Gasteiger partial charge >= 0.3 is 5.97 Å². The van der Waals surface area contributed by atoms with Gasteiger partial charge in [-0.1, -0.05) is 0 Å². The van der Waals surface area contributed by atoms with Crippen LogP contribution < -0.4 is 10.3 Å². The SMILES string of the molecule is O.O.O.O=C(O)c1c[nH]c2cc(N3CC(O)C3)c(F)cc2c1=O. The fourth-order valence-corrected chi connectivity index (χ4v) is 2.28. The molecule has 1 aromatic carbocycles. The molecule has 1 saturated heterocycles. The first-order chi connectivity index (χ1) is 9.47. The largest absolute Gasteiger partial charge is 0.477 e. The molecule has 1 aliphatic heterocycles. The first-order valence-electron chi connectivity index (χ1n) is 5.98. The minimum atomic E-state index is -1.36. The second-order valence-corrected chi connectivity index (χ2v) is 4.74. The van der Waals surface area contributed by atoms with Crippen molar-refractivity contribution in [2.75, 3.05) is 18.0 Å². The smallest absolute Gasteiger partial charge is 0.341 e. The minimum Gasteiger partial charge on any atom is -0.477 e. The van der Waals surface area contributed by atoms with E-state index >= 15 is 0 Å². The fraction of sp³-hybridized carbons (Fsp3) is 0.231. The summed E-state index contributed by atoms with van der Waals surface area (Å²) in [4.78, 5) is 27.1. The number of halogens is 1. The van der Waals surface area contributed by atoms with Gasteiger partial charge in [-0.05, 0) is 12.1 Å². The van der Waals surface area contributed by atoms with Crippen molar-refractivity contribution in [3.63, 3.8) is 0 Å². The third-order valence-corrected chi connectivity index (χ3v) is 3.38. The summed E-state index contributed by atoms with van der Waals surface area (Å²) < 4.78 is 14.0. The highest BCUT2D eigenvalue weighted by Gasteiger charge is 2.27. The zero-order valence-corrected chi connectivity index (χ0v) is 11.8. The molecule has 1 fully saturated rings. The number of β-amino-alcohol motifs (C(OH)–C–C–N with tert-alkyl or cyclic N) is 1. The molecule has 0 saturated carbocycles. The molecule has 0 bridgehead atoms. The van der Waals surface area contributed by atoms with Crippen molar-refractivity contribution in [2.24, 2.45) is 0 Å². The topological polar surface area (TPSA) is 188 Å². The van der Waals surface area contributed by atoms with Crippen molar-refractivity contribution in [2.45, 2.75) is 6.10 Å². The van der Waals surface area contributed by atoms with E-state index in [-0.39, 0.29) is 27.5 Å². The number of aliphatic hydroxyl groups excluding tert-OH is 1. The number of carboxylic acid groups (broad SMARTS) is 1. The number of hydrogen-bond acceptors (Lipinski definition) is 4. The Kier molecular flexibility index (Phi) is 6.37. The summed E-state index contributed by atoms with van der Waals surface area (Å²) in [5.74, 6) is -1.97. The molecule has 0 amide bonds. The lowest BCUT2D eigenvalue weighted by molar-refractivity contribution is 0.0695. The van der Waals surface area contributed by atoms with Crippen LogP contribution in [0, 0.1) is 5.82 Å². The van der Waals surface area contributed by atoms with E-state index in [1.807, 2.05) is 0 Å². The normalized spacial score (nSPS) is 13.4. The molecule has 23 heavy (non-hydrogen) atoms. The van der Waals surface area contributed by atoms with E-state index in [9.17, 15) is 19.1 Å². The van der Waals surface area contributed by atoms with E-state index in [0.29, 0.717) is 18.6 Å². The van der Waals surface area contributed by atoms with Crippen molar-refractivity contribution in [1.82, 2.24) is 4.98 Å². The molecule has 0 radical (unpaired) electrons. The molecule has 0 aliphatic carbocycles. The zero-order valence-electron chi connectivity index (χ0n) is 11.8. The Morgan fingerprint density at radius 3 is 2.39 bits per heavy atom. The van der Waals surface area contributed by atoms with E-state index in [1.165, 1.54) is 6.07 Å². The number of aliphatic hydroxyl groups is 1. The first kappa shape index (κ1) is 20.5. The number of nitrogens with zero attached hydrogens (tertiary/aromatic N) is 1. The standard InChI is InChI=1S/C13H11FN2O4.3H2O/c14-9-1-7-10(2-11(9)16-4-6(17)5-16)15-3-8(12(7)18)13(19)20;;;/h1-3,6,17H,4-5H2,(H,15,18)(H,19,20);3*1H2. The Bertz CT molecular complexity index is 771. The number of benzene rings is 1. The number of aromatic amines is 1. The van der Waals surface area contributed by atoms with Gasteiger partial charge in [-0.15, -0.1) is 0 Å². The number of nitrogens with one attached hydrogen (secondary N) is 1. The highest BCUT2D eigenvalue weighted by molar-refractivity contribution is 5.93. The maximum absolute atomic E-state index is 14.0. The monoisotopic (exact) mass is 332 g/mol. The average Bonchev–Trinajstić information content (AvgIpc) is 2.35. The lowest BCUT2D eigenvalue weighted by Crippen LogP contribution is -2.51. The second-order valence-electron chi connectivity index (χ2n) is 4.74. The number of pyridine rings is 1. The number of anilines is 1. The van der Waals surface area contributed by atoms with Gasteiger partial charge in [0.05, 0.1) is 17.3 Å². The van der Waals surface area contributed by atoms with Crippen LogP contribution in [0.5, 0.6) is 0 Å². The molecule has 2 aromatic rings. The van der Waals surface area contributed by atoms with Crippen LogP contribution in [-0.4, -0.2) is 56.8 Å². The van der Waals surface area contributed by atoms with Gasteiger partial charge in [0, 0.05) is 24.7 Å². The van der Waals surface area contributed by atoms with Crippen molar-refractivity contribution in [1.29, 1.82) is 0 Å². The predicted octanol–water partition coefficient (Wildman–Crippen LogP) is -1.93. The second kappa shape index (κ2) is 7.15. The average molecular weight is 332 g/mol. The van der Waals surface area contributed by atoms with Crippen LogP contribution in [0.3, 0.4) is 0 Å². The zero-order chi connectivity index (χ0) is 14.4. The van der Waals surface area contributed by atoms with E-state index in [0.717, 1.165) is 12.3 Å². The molecule has 9 nitrogen and oxygen atoms in total. The quantitative estimate of drug-likeness (QED) is 0.576. The fourth-order valence-electron chi connectivity index (χ4n) is 2.28. The molecule has 1 aromatic heterocycles. The van der Waals surface area contributed by atoms with E-state index in [1.54, 1.807) is 4.90 Å². The van der Waals surface area contributed by atoms with E-state index < -0.39 is 28.9 Å². The molecule has 9 N–H and O–H groups in total. The van der Waals surface area contributed by atoms with Crippen molar-refractivity contribution < 1.29 is 35.8 Å². The van der Waals surface area contributed by atoms with Crippen LogP contribution in [0.2, 0.25) is 0 Å². The van der Waals surface area contributed by atoms with Crippen LogP contribution in [0.4, 0.5) is 10.1 Å². The van der Waals surface area contributed by atoms with Crippen molar-refractivity contribution in [3.8, 4) is 0 Å². The molecule has 128 valence electrons. The number of hydrogen-bond donors (Lipinski definition) is 3. The van der Waals surface area contributed by atoms with Gasteiger partial charge < -0.3 is 36.5 Å². The number of fused-ring (bicyclic) bond motifs is 1. The molecule has 0 spiro atoms. The lowest BCUT2D eigenvalue weighted by Gasteiger charge is -2.38. The molecule has 2 heterocycles. The molecule has 3 rings (SSSR count). The minimum absolute atomic E-state index is 0. The number of carbonyl (C=O) groups is 1. The number of carboxylic acids is 1. The highest BCUT2D eigenvalue weighted by Crippen LogP contribution is 2.27. The highest BCUT2D eigenvalue weighted by atomic mass is 19.1. The maximum Gasteiger partial charge on any atom is 0.341 e. The van der Waals surface area contributed by atoms with Gasteiger partial charge in [0.2, 0.25) is 5.43 Å². The maximum atomic E-state index is 14.0. The van der Waals surface area contributed by atoms with Crippen LogP contribution >= 0.6 is 0 Å². The number of aromatic nitrogens is 1. The van der Waals surface area contributed by atoms with Gasteiger partial charge in [-0.3, -0.25) is 4.79 Å². The predicted molar refractivity (Wildman–Crippen MR) is 80.5 cm³/mol. The summed E-state index contributed by atoms with van der Waals surface area (Å²) in [7, 11) is 0. The van der Waals surface area contributed by atoms with Gasteiger partial charge in [0.1, 0.15) is 11.4 Å². The Balaban J connectivity index is 0.00000161. The van der Waals surface area contributed by atoms with Crippen LogP contribution in [0.1, 0.15) is 10.4 Å². The summed E-state index contributed by atoms with van der Waals surface area (Å²) in [5.41, 5.74) is -0.510. The van der Waals surface area contributed by atoms with Crippen molar-refractivity contribution >= 4 is 22.6 Å². The summed E-state index contributed by atoms with van der Waals surface area (Å²) >= 11 is 0.